The normalized spacial score (nSPS) is 19.9. The molecule has 2 aliphatic rings. The summed E-state index contributed by atoms with van der Waals surface area (Å²) < 4.78 is 17.5. The van der Waals surface area contributed by atoms with Crippen LogP contribution < -0.4 is 19.5 Å². The minimum Gasteiger partial charge on any atom is -0.493 e. The van der Waals surface area contributed by atoms with E-state index in [2.05, 4.69) is 19.2 Å². The van der Waals surface area contributed by atoms with Gasteiger partial charge >= 0.3 is 0 Å². The molecule has 1 N–H and O–H groups in total. The summed E-state index contributed by atoms with van der Waals surface area (Å²) in [5, 5.41) is 3.01. The lowest BCUT2D eigenvalue weighted by Gasteiger charge is -2.34. The zero-order chi connectivity index (χ0) is 25.8. The first-order chi connectivity index (χ1) is 17.2. The Hall–Kier alpha value is -3.28. The second-order valence-electron chi connectivity index (χ2n) is 10.3. The van der Waals surface area contributed by atoms with Crippen LogP contribution in [-0.4, -0.2) is 31.0 Å². The zero-order valence-electron chi connectivity index (χ0n) is 21.9. The molecule has 1 amide bonds. The molecule has 0 spiro atoms. The predicted octanol–water partition coefficient (Wildman–Crippen LogP) is 5.91. The molecule has 6 heteroatoms. The van der Waals surface area contributed by atoms with Crippen LogP contribution in [0.25, 0.3) is 0 Å². The maximum Gasteiger partial charge on any atom is 0.225 e. The summed E-state index contributed by atoms with van der Waals surface area (Å²) in [6, 6.07) is 13.7. The summed E-state index contributed by atoms with van der Waals surface area (Å²) in [6.45, 7) is 11.3. The monoisotopic (exact) mass is 491 g/mol. The van der Waals surface area contributed by atoms with E-state index in [4.69, 9.17) is 14.2 Å². The van der Waals surface area contributed by atoms with Gasteiger partial charge in [-0.05, 0) is 74.4 Å². The molecule has 6 nitrogen and oxygen atoms in total. The highest BCUT2D eigenvalue weighted by Gasteiger charge is 2.38. The van der Waals surface area contributed by atoms with Crippen LogP contribution in [0.2, 0.25) is 0 Å². The van der Waals surface area contributed by atoms with Crippen molar-refractivity contribution in [1.29, 1.82) is 0 Å². The first kappa shape index (κ1) is 25.8. The highest BCUT2D eigenvalue weighted by molar-refractivity contribution is 6.02. The summed E-state index contributed by atoms with van der Waals surface area (Å²) >= 11 is 0. The largest absolute Gasteiger partial charge is 0.493 e. The van der Waals surface area contributed by atoms with Gasteiger partial charge in [-0.3, -0.25) is 9.59 Å². The van der Waals surface area contributed by atoms with Gasteiger partial charge in [0.05, 0.1) is 19.3 Å². The summed E-state index contributed by atoms with van der Waals surface area (Å²) in [5.41, 5.74) is 3.45. The number of ether oxygens (including phenoxy) is 3. The van der Waals surface area contributed by atoms with Crippen LogP contribution in [0.3, 0.4) is 0 Å². The van der Waals surface area contributed by atoms with Crippen molar-refractivity contribution in [2.45, 2.75) is 71.8 Å². The van der Waals surface area contributed by atoms with Gasteiger partial charge in [0, 0.05) is 30.0 Å². The topological polar surface area (TPSA) is 73.9 Å². The molecule has 2 aromatic rings. The number of ketones is 1. The lowest BCUT2D eigenvalue weighted by Crippen LogP contribution is -2.38. The van der Waals surface area contributed by atoms with E-state index >= 15 is 0 Å². The van der Waals surface area contributed by atoms with Crippen molar-refractivity contribution in [3.63, 3.8) is 0 Å². The molecule has 1 aliphatic heterocycles. The van der Waals surface area contributed by atoms with Gasteiger partial charge in [-0.15, -0.1) is 0 Å². The minimum atomic E-state index is -0.290. The number of allylic oxidation sites excluding steroid dienone is 2. The molecule has 4 rings (SSSR count). The number of benzene rings is 2. The van der Waals surface area contributed by atoms with Gasteiger partial charge in [0.2, 0.25) is 5.91 Å². The lowest BCUT2D eigenvalue weighted by molar-refractivity contribution is -0.122. The average Bonchev–Trinajstić information content (AvgIpc) is 2.83. The van der Waals surface area contributed by atoms with E-state index in [-0.39, 0.29) is 36.1 Å². The fourth-order valence-corrected chi connectivity index (χ4v) is 4.94. The van der Waals surface area contributed by atoms with Gasteiger partial charge in [0.1, 0.15) is 5.75 Å². The summed E-state index contributed by atoms with van der Waals surface area (Å²) in [5.74, 6) is 2.35. The van der Waals surface area contributed by atoms with E-state index in [1.54, 1.807) is 0 Å². The molecule has 1 aliphatic carbocycles. The number of carbonyl (C=O) groups is 2. The molecule has 0 radical (unpaired) electrons. The van der Waals surface area contributed by atoms with Crippen LogP contribution in [0.15, 0.2) is 53.7 Å². The Labute approximate surface area is 214 Å². The van der Waals surface area contributed by atoms with Crippen LogP contribution in [-0.2, 0) is 9.59 Å². The molecule has 0 aromatic heterocycles. The van der Waals surface area contributed by atoms with Crippen molar-refractivity contribution in [3.05, 3.63) is 64.9 Å². The minimum absolute atomic E-state index is 0.0116. The number of carbonyl (C=O) groups excluding carboxylic acids is 2. The second-order valence-corrected chi connectivity index (χ2v) is 10.3. The first-order valence-corrected chi connectivity index (χ1v) is 13.0. The van der Waals surface area contributed by atoms with Crippen LogP contribution in [0.1, 0.15) is 76.8 Å². The van der Waals surface area contributed by atoms with E-state index in [0.29, 0.717) is 43.5 Å². The summed E-state index contributed by atoms with van der Waals surface area (Å²) in [4.78, 5) is 26.2. The van der Waals surface area contributed by atoms with Crippen molar-refractivity contribution in [2.75, 3.05) is 13.2 Å². The molecular formula is C30H37NO5. The average molecular weight is 492 g/mol. The molecule has 36 heavy (non-hydrogen) atoms. The standard InChI is InChI=1S/C30H37NO5/c1-6-34-28-15-21(9-12-27(28)36-19(4)5)24-16-29(33)31-25-13-22(14-26(32)30(24)25)20-7-10-23(11-8-20)35-17-18(2)3/h7-12,15,18-19,22,24H,6,13-14,16-17H2,1-5H3,(H,31,33). The fourth-order valence-electron chi connectivity index (χ4n) is 4.94. The Bertz CT molecular complexity index is 1130. The van der Waals surface area contributed by atoms with Crippen LogP contribution >= 0.6 is 0 Å². The van der Waals surface area contributed by atoms with Crippen molar-refractivity contribution in [3.8, 4) is 17.2 Å². The number of hydrogen-bond acceptors (Lipinski definition) is 5. The molecule has 2 unspecified atom stereocenters. The molecule has 2 atom stereocenters. The number of amides is 1. The third-order valence-electron chi connectivity index (χ3n) is 6.50. The van der Waals surface area contributed by atoms with Crippen molar-refractivity contribution < 1.29 is 23.8 Å². The highest BCUT2D eigenvalue weighted by atomic mass is 16.5. The Balaban J connectivity index is 1.59. The number of Topliss-reactive ketones (excluding diaryl/α,β-unsaturated/α-hetero) is 1. The first-order valence-electron chi connectivity index (χ1n) is 13.0. The van der Waals surface area contributed by atoms with Crippen LogP contribution in [0.5, 0.6) is 17.2 Å². The Morgan fingerprint density at radius 2 is 1.61 bits per heavy atom. The lowest BCUT2D eigenvalue weighted by atomic mass is 9.73. The van der Waals surface area contributed by atoms with Crippen molar-refractivity contribution >= 4 is 11.7 Å². The Morgan fingerprint density at radius 1 is 0.889 bits per heavy atom. The highest BCUT2D eigenvalue weighted by Crippen LogP contribution is 2.44. The van der Waals surface area contributed by atoms with E-state index in [9.17, 15) is 9.59 Å². The fraction of sp³-hybridized carbons (Fsp3) is 0.467. The third-order valence-corrected chi connectivity index (χ3v) is 6.50. The molecular weight excluding hydrogens is 454 g/mol. The van der Waals surface area contributed by atoms with E-state index in [1.807, 2.05) is 63.2 Å². The van der Waals surface area contributed by atoms with Gasteiger partial charge in [-0.1, -0.05) is 32.0 Å². The summed E-state index contributed by atoms with van der Waals surface area (Å²) in [7, 11) is 0. The number of rotatable bonds is 9. The van der Waals surface area contributed by atoms with E-state index in [0.717, 1.165) is 28.1 Å². The second kappa shape index (κ2) is 11.2. The van der Waals surface area contributed by atoms with Gasteiger partial charge < -0.3 is 19.5 Å². The van der Waals surface area contributed by atoms with Crippen LogP contribution in [0.4, 0.5) is 0 Å². The molecule has 1 heterocycles. The molecule has 0 bridgehead atoms. The number of nitrogens with one attached hydrogen (secondary N) is 1. The molecule has 0 saturated heterocycles. The van der Waals surface area contributed by atoms with E-state index in [1.165, 1.54) is 0 Å². The smallest absolute Gasteiger partial charge is 0.225 e. The molecule has 0 saturated carbocycles. The van der Waals surface area contributed by atoms with Crippen molar-refractivity contribution in [2.24, 2.45) is 5.92 Å². The maximum absolute atomic E-state index is 13.5. The predicted molar refractivity (Wildman–Crippen MR) is 140 cm³/mol. The zero-order valence-corrected chi connectivity index (χ0v) is 21.9. The molecule has 0 fully saturated rings. The summed E-state index contributed by atoms with van der Waals surface area (Å²) in [6.07, 6.45) is 1.30. The van der Waals surface area contributed by atoms with Gasteiger partial charge in [0.15, 0.2) is 17.3 Å². The quantitative estimate of drug-likeness (QED) is 0.472. The third kappa shape index (κ3) is 5.92. The van der Waals surface area contributed by atoms with Crippen LogP contribution in [0, 0.1) is 5.92 Å². The van der Waals surface area contributed by atoms with Gasteiger partial charge in [0.25, 0.3) is 0 Å². The van der Waals surface area contributed by atoms with E-state index < -0.39 is 0 Å². The number of hydrogen-bond donors (Lipinski definition) is 1. The Morgan fingerprint density at radius 3 is 2.28 bits per heavy atom. The van der Waals surface area contributed by atoms with Crippen molar-refractivity contribution in [1.82, 2.24) is 5.32 Å². The van der Waals surface area contributed by atoms with Gasteiger partial charge in [-0.25, -0.2) is 0 Å². The molecule has 2 aromatic carbocycles. The maximum atomic E-state index is 13.5. The Kier molecular flexibility index (Phi) is 8.02. The SMILES string of the molecule is CCOc1cc(C2CC(=O)NC3=C2C(=O)CC(c2ccc(OCC(C)C)cc2)C3)ccc1OC(C)C. The molecule has 192 valence electrons. The van der Waals surface area contributed by atoms with Gasteiger partial charge in [-0.2, -0.15) is 0 Å².